The van der Waals surface area contributed by atoms with Gasteiger partial charge in [0.2, 0.25) is 5.95 Å². The van der Waals surface area contributed by atoms with Crippen LogP contribution in [-0.2, 0) is 0 Å². The summed E-state index contributed by atoms with van der Waals surface area (Å²) in [6.07, 6.45) is 6.27. The standard InChI is InChI=1S/C12H17FN4/c1-14-12-15-6-9(13)11(17-12)16-10(7-2-3-7)8-4-5-8/h6-8,10H,2-5H2,1H3,(H2,14,15,16,17). The first-order chi connectivity index (χ1) is 8.28. The van der Waals surface area contributed by atoms with E-state index in [9.17, 15) is 4.39 Å². The summed E-state index contributed by atoms with van der Waals surface area (Å²) < 4.78 is 13.6. The highest BCUT2D eigenvalue weighted by atomic mass is 19.1. The summed E-state index contributed by atoms with van der Waals surface area (Å²) in [5.41, 5.74) is 0. The molecule has 3 rings (SSSR count). The molecule has 0 saturated heterocycles. The van der Waals surface area contributed by atoms with Crippen molar-refractivity contribution in [3.63, 3.8) is 0 Å². The number of anilines is 2. The molecule has 2 aliphatic rings. The van der Waals surface area contributed by atoms with Crippen LogP contribution in [0, 0.1) is 17.7 Å². The summed E-state index contributed by atoms with van der Waals surface area (Å²) >= 11 is 0. The quantitative estimate of drug-likeness (QED) is 0.823. The minimum Gasteiger partial charge on any atom is -0.364 e. The minimum absolute atomic E-state index is 0.341. The Bertz CT molecular complexity index is 403. The second-order valence-corrected chi connectivity index (χ2v) is 4.99. The van der Waals surface area contributed by atoms with E-state index in [1.165, 1.54) is 31.9 Å². The Balaban J connectivity index is 1.77. The first kappa shape index (κ1) is 10.7. The van der Waals surface area contributed by atoms with E-state index in [0.29, 0.717) is 17.8 Å². The predicted octanol–water partition coefficient (Wildman–Crippen LogP) is 2.26. The average Bonchev–Trinajstić information content (AvgIpc) is 3.19. The van der Waals surface area contributed by atoms with Crippen LogP contribution in [0.5, 0.6) is 0 Å². The lowest BCUT2D eigenvalue weighted by molar-refractivity contribution is 0.552. The fourth-order valence-electron chi connectivity index (χ4n) is 2.28. The molecule has 0 aromatic carbocycles. The van der Waals surface area contributed by atoms with Crippen LogP contribution in [0.4, 0.5) is 16.2 Å². The van der Waals surface area contributed by atoms with Crippen LogP contribution >= 0.6 is 0 Å². The van der Waals surface area contributed by atoms with Gasteiger partial charge in [-0.25, -0.2) is 9.37 Å². The van der Waals surface area contributed by atoms with Crippen molar-refractivity contribution >= 4 is 11.8 Å². The molecule has 0 spiro atoms. The zero-order valence-electron chi connectivity index (χ0n) is 9.91. The number of nitrogens with one attached hydrogen (secondary N) is 2. The van der Waals surface area contributed by atoms with E-state index in [4.69, 9.17) is 0 Å². The van der Waals surface area contributed by atoms with Gasteiger partial charge in [0.25, 0.3) is 0 Å². The van der Waals surface area contributed by atoms with E-state index >= 15 is 0 Å². The van der Waals surface area contributed by atoms with Crippen molar-refractivity contribution in [2.45, 2.75) is 31.7 Å². The molecular formula is C12H17FN4. The second kappa shape index (κ2) is 4.13. The SMILES string of the molecule is CNc1ncc(F)c(NC(C2CC2)C2CC2)n1. The maximum atomic E-state index is 13.6. The van der Waals surface area contributed by atoms with Crippen molar-refractivity contribution in [1.82, 2.24) is 9.97 Å². The van der Waals surface area contributed by atoms with E-state index in [2.05, 4.69) is 20.6 Å². The molecule has 2 fully saturated rings. The first-order valence-corrected chi connectivity index (χ1v) is 6.25. The van der Waals surface area contributed by atoms with E-state index in [1.807, 2.05) is 0 Å². The Hall–Kier alpha value is -1.39. The van der Waals surface area contributed by atoms with Crippen molar-refractivity contribution in [2.24, 2.45) is 11.8 Å². The second-order valence-electron chi connectivity index (χ2n) is 4.99. The van der Waals surface area contributed by atoms with Crippen LogP contribution in [0.2, 0.25) is 0 Å². The Labute approximate surface area is 100 Å². The maximum absolute atomic E-state index is 13.6. The van der Waals surface area contributed by atoms with E-state index in [-0.39, 0.29) is 5.82 Å². The van der Waals surface area contributed by atoms with Crippen LogP contribution < -0.4 is 10.6 Å². The van der Waals surface area contributed by atoms with Crippen molar-refractivity contribution < 1.29 is 4.39 Å². The molecule has 0 amide bonds. The summed E-state index contributed by atoms with van der Waals surface area (Å²) in [7, 11) is 1.73. The first-order valence-electron chi connectivity index (χ1n) is 6.25. The summed E-state index contributed by atoms with van der Waals surface area (Å²) in [6, 6.07) is 0.407. The highest BCUT2D eigenvalue weighted by Gasteiger charge is 2.41. The summed E-state index contributed by atoms with van der Waals surface area (Å²) in [5.74, 6) is 1.87. The van der Waals surface area contributed by atoms with E-state index in [0.717, 1.165) is 11.8 Å². The predicted molar refractivity (Wildman–Crippen MR) is 64.4 cm³/mol. The molecule has 0 radical (unpaired) electrons. The molecule has 2 saturated carbocycles. The molecule has 0 aliphatic heterocycles. The van der Waals surface area contributed by atoms with Crippen LogP contribution in [0.25, 0.3) is 0 Å². The van der Waals surface area contributed by atoms with Gasteiger partial charge in [-0.1, -0.05) is 0 Å². The average molecular weight is 236 g/mol. The molecule has 1 heterocycles. The number of hydrogen-bond donors (Lipinski definition) is 2. The minimum atomic E-state index is -0.365. The third kappa shape index (κ3) is 2.33. The number of halogens is 1. The summed E-state index contributed by atoms with van der Waals surface area (Å²) in [5, 5.41) is 6.11. The molecule has 2 aliphatic carbocycles. The van der Waals surface area contributed by atoms with Crippen molar-refractivity contribution in [3.05, 3.63) is 12.0 Å². The summed E-state index contributed by atoms with van der Waals surface area (Å²) in [4.78, 5) is 7.99. The lowest BCUT2D eigenvalue weighted by Gasteiger charge is -2.18. The van der Waals surface area contributed by atoms with Gasteiger partial charge >= 0.3 is 0 Å². The molecule has 1 aromatic rings. The number of aromatic nitrogens is 2. The normalized spacial score (nSPS) is 19.5. The largest absolute Gasteiger partial charge is 0.364 e. The van der Waals surface area contributed by atoms with Gasteiger partial charge in [0.15, 0.2) is 11.6 Å². The molecule has 1 aromatic heterocycles. The Morgan fingerprint density at radius 2 is 1.94 bits per heavy atom. The molecule has 4 nitrogen and oxygen atoms in total. The smallest absolute Gasteiger partial charge is 0.224 e. The van der Waals surface area contributed by atoms with Gasteiger partial charge in [0.1, 0.15) is 0 Å². The Morgan fingerprint density at radius 3 is 2.47 bits per heavy atom. The van der Waals surface area contributed by atoms with Gasteiger partial charge in [0, 0.05) is 13.1 Å². The molecule has 2 N–H and O–H groups in total. The lowest BCUT2D eigenvalue weighted by Crippen LogP contribution is -2.25. The van der Waals surface area contributed by atoms with Crippen molar-refractivity contribution in [3.8, 4) is 0 Å². The molecule has 17 heavy (non-hydrogen) atoms. The molecule has 92 valence electrons. The number of rotatable bonds is 5. The monoisotopic (exact) mass is 236 g/mol. The zero-order valence-corrected chi connectivity index (χ0v) is 9.91. The van der Waals surface area contributed by atoms with Gasteiger partial charge in [-0.3, -0.25) is 0 Å². The topological polar surface area (TPSA) is 49.8 Å². The molecule has 0 atom stereocenters. The Kier molecular flexibility index (Phi) is 2.61. The number of hydrogen-bond acceptors (Lipinski definition) is 4. The molecule has 5 heteroatoms. The number of nitrogens with zero attached hydrogens (tertiary/aromatic N) is 2. The van der Waals surface area contributed by atoms with Crippen LogP contribution in [0.15, 0.2) is 6.20 Å². The Morgan fingerprint density at radius 1 is 1.29 bits per heavy atom. The summed E-state index contributed by atoms with van der Waals surface area (Å²) in [6.45, 7) is 0. The van der Waals surface area contributed by atoms with Gasteiger partial charge in [-0.15, -0.1) is 0 Å². The highest BCUT2D eigenvalue weighted by molar-refractivity contribution is 5.42. The highest BCUT2D eigenvalue weighted by Crippen LogP contribution is 2.45. The van der Waals surface area contributed by atoms with Crippen LogP contribution in [0.1, 0.15) is 25.7 Å². The van der Waals surface area contributed by atoms with Crippen LogP contribution in [-0.4, -0.2) is 23.1 Å². The molecular weight excluding hydrogens is 219 g/mol. The molecule has 0 bridgehead atoms. The van der Waals surface area contributed by atoms with E-state index in [1.54, 1.807) is 7.05 Å². The zero-order chi connectivity index (χ0) is 11.8. The van der Waals surface area contributed by atoms with Gasteiger partial charge in [0.05, 0.1) is 6.20 Å². The fourth-order valence-corrected chi connectivity index (χ4v) is 2.28. The van der Waals surface area contributed by atoms with Gasteiger partial charge in [-0.2, -0.15) is 4.98 Å². The fraction of sp³-hybridized carbons (Fsp3) is 0.667. The molecule has 0 unspecified atom stereocenters. The van der Waals surface area contributed by atoms with Crippen LogP contribution in [0.3, 0.4) is 0 Å². The lowest BCUT2D eigenvalue weighted by atomic mass is 10.1. The maximum Gasteiger partial charge on any atom is 0.224 e. The van der Waals surface area contributed by atoms with Crippen molar-refractivity contribution in [1.29, 1.82) is 0 Å². The third-order valence-electron chi connectivity index (χ3n) is 3.53. The van der Waals surface area contributed by atoms with Crippen molar-refractivity contribution in [2.75, 3.05) is 17.7 Å². The van der Waals surface area contributed by atoms with Gasteiger partial charge < -0.3 is 10.6 Å². The third-order valence-corrected chi connectivity index (χ3v) is 3.53. The van der Waals surface area contributed by atoms with Gasteiger partial charge in [-0.05, 0) is 37.5 Å². The van der Waals surface area contributed by atoms with E-state index < -0.39 is 0 Å².